The molecular formula is C17H29FN4O2. The largest absolute Gasteiger partial charge is 0.320 e. The van der Waals surface area contributed by atoms with Crippen molar-refractivity contribution < 1.29 is 14.4 Å². The van der Waals surface area contributed by atoms with Crippen molar-refractivity contribution in [1.29, 1.82) is 0 Å². The van der Waals surface area contributed by atoms with E-state index in [4.69, 9.17) is 0 Å². The van der Waals surface area contributed by atoms with Crippen molar-refractivity contribution in [2.75, 3.05) is 20.1 Å². The topological polar surface area (TPSA) is 75.3 Å². The molecule has 0 spiro atoms. The van der Waals surface area contributed by atoms with Gasteiger partial charge in [-0.25, -0.2) is 0 Å². The summed E-state index contributed by atoms with van der Waals surface area (Å²) < 4.78 is 11.4. The van der Waals surface area contributed by atoms with Crippen molar-refractivity contribution in [2.45, 2.75) is 52.0 Å². The molecule has 0 atom stereocenters. The molecule has 1 amide bonds. The normalized spacial score (nSPS) is 12.8. The first-order chi connectivity index (χ1) is 11.7. The highest BCUT2D eigenvalue weighted by molar-refractivity contribution is 5.93. The average Bonchev–Trinajstić information content (AvgIpc) is 2.62. The average molecular weight is 340 g/mol. The maximum absolute atomic E-state index is 11.4. The van der Waals surface area contributed by atoms with Crippen molar-refractivity contribution in [1.82, 2.24) is 21.1 Å². The van der Waals surface area contributed by atoms with E-state index in [2.05, 4.69) is 27.6 Å². The Labute approximate surface area is 143 Å². The molecule has 1 aliphatic heterocycles. The van der Waals surface area contributed by atoms with Crippen LogP contribution >= 0.6 is 0 Å². The van der Waals surface area contributed by atoms with Gasteiger partial charge in [0.2, 0.25) is 0 Å². The smallest absolute Gasteiger partial charge is 0.279 e. The van der Waals surface area contributed by atoms with Gasteiger partial charge in [-0.05, 0) is 49.1 Å². The predicted octanol–water partition coefficient (Wildman–Crippen LogP) is 2.45. The zero-order chi connectivity index (χ0) is 17.6. The highest BCUT2D eigenvalue weighted by Gasteiger charge is 2.13. The molecule has 1 aromatic heterocycles. The summed E-state index contributed by atoms with van der Waals surface area (Å²) in [7, 11) is 2.01. The van der Waals surface area contributed by atoms with Crippen LogP contribution in [-0.4, -0.2) is 31.0 Å². The Morgan fingerprint density at radius 2 is 2.17 bits per heavy atom. The van der Waals surface area contributed by atoms with Gasteiger partial charge in [0.1, 0.15) is 0 Å². The van der Waals surface area contributed by atoms with Crippen LogP contribution in [0.4, 0.5) is 4.53 Å². The molecule has 136 valence electrons. The molecule has 0 radical (unpaired) electrons. The number of carbonyl (C=O) groups is 1. The summed E-state index contributed by atoms with van der Waals surface area (Å²) in [6, 6.07) is 1.71. The maximum Gasteiger partial charge on any atom is 0.279 e. The van der Waals surface area contributed by atoms with Crippen LogP contribution in [0.5, 0.6) is 0 Å². The van der Waals surface area contributed by atoms with E-state index in [1.165, 1.54) is 44.8 Å². The van der Waals surface area contributed by atoms with Gasteiger partial charge >= 0.3 is 0 Å². The van der Waals surface area contributed by atoms with Crippen LogP contribution in [0.3, 0.4) is 0 Å². The fraction of sp³-hybridized carbons (Fsp3) is 0.647. The van der Waals surface area contributed by atoms with Crippen LogP contribution < -0.4 is 16.1 Å². The molecule has 0 bridgehead atoms. The molecule has 0 unspecified atom stereocenters. The first-order valence-electron chi connectivity index (χ1n) is 8.64. The van der Waals surface area contributed by atoms with Crippen molar-refractivity contribution in [3.63, 3.8) is 0 Å². The summed E-state index contributed by atoms with van der Waals surface area (Å²) in [4.78, 5) is 15.3. The second kappa shape index (κ2) is 12.8. The van der Waals surface area contributed by atoms with Gasteiger partial charge in [0.05, 0.1) is 11.3 Å². The number of nitrogens with one attached hydrogen (secondary N) is 3. The van der Waals surface area contributed by atoms with E-state index >= 15 is 0 Å². The van der Waals surface area contributed by atoms with Crippen LogP contribution in [0, 0.1) is 0 Å². The van der Waals surface area contributed by atoms with Crippen LogP contribution in [0.25, 0.3) is 0 Å². The SMILES string of the molecule is CCCCCCCNC.O=C(NOF)c1cnc2c(c1)CCNC2. The Hall–Kier alpha value is -1.57. The van der Waals surface area contributed by atoms with Crippen molar-refractivity contribution in [3.8, 4) is 0 Å². The quantitative estimate of drug-likeness (QED) is 0.501. The highest BCUT2D eigenvalue weighted by atomic mass is 19.3. The third-order valence-electron chi connectivity index (χ3n) is 3.85. The van der Waals surface area contributed by atoms with Crippen molar-refractivity contribution in [3.05, 3.63) is 29.1 Å². The molecule has 7 heteroatoms. The number of halogens is 1. The molecule has 0 saturated carbocycles. The molecule has 3 N–H and O–H groups in total. The molecule has 1 aliphatic rings. The summed E-state index contributed by atoms with van der Waals surface area (Å²) in [6.45, 7) is 5.00. The Kier molecular flexibility index (Phi) is 10.9. The lowest BCUT2D eigenvalue weighted by atomic mass is 10.0. The lowest BCUT2D eigenvalue weighted by Crippen LogP contribution is -2.26. The van der Waals surface area contributed by atoms with Gasteiger partial charge in [-0.2, -0.15) is 5.48 Å². The van der Waals surface area contributed by atoms with Gasteiger partial charge in [0.15, 0.2) is 0 Å². The lowest BCUT2D eigenvalue weighted by Gasteiger charge is -2.16. The minimum Gasteiger partial charge on any atom is -0.320 e. The lowest BCUT2D eigenvalue weighted by molar-refractivity contribution is -0.176. The summed E-state index contributed by atoms with van der Waals surface area (Å²) in [6.07, 6.45) is 9.13. The minimum absolute atomic E-state index is 0.299. The van der Waals surface area contributed by atoms with Gasteiger partial charge in [-0.1, -0.05) is 37.6 Å². The van der Waals surface area contributed by atoms with Crippen LogP contribution in [0.2, 0.25) is 0 Å². The van der Waals surface area contributed by atoms with Crippen molar-refractivity contribution >= 4 is 5.91 Å². The number of rotatable bonds is 8. The first kappa shape index (κ1) is 20.5. The molecule has 24 heavy (non-hydrogen) atoms. The zero-order valence-electron chi connectivity index (χ0n) is 14.7. The number of unbranched alkanes of at least 4 members (excludes halogenated alkanes) is 4. The molecule has 0 saturated heterocycles. The summed E-state index contributed by atoms with van der Waals surface area (Å²) in [5, 5.41) is 9.37. The second-order valence-corrected chi connectivity index (χ2v) is 5.78. The zero-order valence-corrected chi connectivity index (χ0v) is 14.7. The van der Waals surface area contributed by atoms with Gasteiger partial charge in [-0.3, -0.25) is 9.78 Å². The van der Waals surface area contributed by atoms with Crippen LogP contribution in [0.15, 0.2) is 12.3 Å². The number of hydrogen-bond acceptors (Lipinski definition) is 5. The molecule has 0 aliphatic carbocycles. The van der Waals surface area contributed by atoms with E-state index in [9.17, 15) is 9.32 Å². The van der Waals surface area contributed by atoms with Gasteiger partial charge in [-0.15, -0.1) is 0 Å². The molecule has 2 rings (SSSR count). The third kappa shape index (κ3) is 7.81. The molecule has 2 heterocycles. The first-order valence-corrected chi connectivity index (χ1v) is 8.64. The Bertz CT molecular complexity index is 480. The van der Waals surface area contributed by atoms with E-state index < -0.39 is 5.91 Å². The molecular weight excluding hydrogens is 311 g/mol. The van der Waals surface area contributed by atoms with E-state index in [1.807, 2.05) is 7.05 Å². The van der Waals surface area contributed by atoms with Crippen molar-refractivity contribution in [2.24, 2.45) is 0 Å². The molecule has 0 fully saturated rings. The Morgan fingerprint density at radius 1 is 1.38 bits per heavy atom. The highest BCUT2D eigenvalue weighted by Crippen LogP contribution is 2.12. The number of aromatic nitrogens is 1. The summed E-state index contributed by atoms with van der Waals surface area (Å²) in [5.74, 6) is -0.633. The summed E-state index contributed by atoms with van der Waals surface area (Å²) in [5.41, 5.74) is 3.85. The third-order valence-corrected chi connectivity index (χ3v) is 3.85. The van der Waals surface area contributed by atoms with E-state index in [-0.39, 0.29) is 0 Å². The number of carbonyl (C=O) groups excluding carboxylic acids is 1. The number of hydroxylamine groups is 1. The minimum atomic E-state index is -0.633. The number of hydrogen-bond donors (Lipinski definition) is 3. The Balaban J connectivity index is 0.000000277. The molecule has 1 aromatic rings. The fourth-order valence-electron chi connectivity index (χ4n) is 2.47. The van der Waals surface area contributed by atoms with E-state index in [1.54, 1.807) is 11.5 Å². The summed E-state index contributed by atoms with van der Waals surface area (Å²) >= 11 is 0. The molecule has 6 nitrogen and oxygen atoms in total. The number of fused-ring (bicyclic) bond motifs is 1. The number of amides is 1. The Morgan fingerprint density at radius 3 is 2.88 bits per heavy atom. The van der Waals surface area contributed by atoms with Gasteiger partial charge in [0.25, 0.3) is 5.91 Å². The van der Waals surface area contributed by atoms with E-state index in [0.717, 1.165) is 24.2 Å². The van der Waals surface area contributed by atoms with Crippen LogP contribution in [0.1, 0.15) is 60.6 Å². The number of pyridine rings is 1. The van der Waals surface area contributed by atoms with Crippen LogP contribution in [-0.2, 0) is 18.0 Å². The predicted molar refractivity (Wildman–Crippen MR) is 92.0 cm³/mol. The fourth-order valence-corrected chi connectivity index (χ4v) is 2.47. The monoisotopic (exact) mass is 340 g/mol. The van der Waals surface area contributed by atoms with Gasteiger partial charge < -0.3 is 10.6 Å². The second-order valence-electron chi connectivity index (χ2n) is 5.78. The number of nitrogens with zero attached hydrogens (tertiary/aromatic N) is 1. The van der Waals surface area contributed by atoms with E-state index in [0.29, 0.717) is 12.1 Å². The molecule has 0 aromatic carbocycles. The standard InChI is InChI=1S/C9H10FN3O2.C8H19N/c10-15-13-9(14)7-3-6-1-2-11-5-8(6)12-4-7;1-3-4-5-6-7-8-9-2/h3-4,11H,1-2,5H2,(H,13,14);9H,3-8H2,1-2H3. The maximum atomic E-state index is 11.4. The van der Waals surface area contributed by atoms with Gasteiger partial charge in [0, 0.05) is 12.7 Å².